The van der Waals surface area contributed by atoms with E-state index in [1.165, 1.54) is 11.8 Å². The first-order valence-electron chi connectivity index (χ1n) is 3.57. The van der Waals surface area contributed by atoms with Gasteiger partial charge in [-0.2, -0.15) is 11.8 Å². The SMILES string of the molecule is CS(=O)(=O)CCSC[C@@H](N)C(=O)O. The van der Waals surface area contributed by atoms with Crippen molar-refractivity contribution >= 4 is 27.6 Å². The lowest BCUT2D eigenvalue weighted by molar-refractivity contribution is -0.137. The van der Waals surface area contributed by atoms with Crippen LogP contribution < -0.4 is 5.73 Å². The molecule has 13 heavy (non-hydrogen) atoms. The van der Waals surface area contributed by atoms with Gasteiger partial charge in [-0.25, -0.2) is 8.42 Å². The maximum absolute atomic E-state index is 10.6. The van der Waals surface area contributed by atoms with Crippen LogP contribution >= 0.6 is 11.8 Å². The first kappa shape index (κ1) is 12.7. The normalized spacial score (nSPS) is 14.0. The second-order valence-corrected chi connectivity index (χ2v) is 6.06. The molecule has 0 aliphatic rings. The Morgan fingerprint density at radius 3 is 2.54 bits per heavy atom. The largest absolute Gasteiger partial charge is 0.480 e. The number of hydrogen-bond donors (Lipinski definition) is 2. The highest BCUT2D eigenvalue weighted by Crippen LogP contribution is 2.02. The first-order chi connectivity index (χ1) is 5.83. The Morgan fingerprint density at radius 2 is 2.15 bits per heavy atom. The lowest BCUT2D eigenvalue weighted by Gasteiger charge is -2.04. The minimum absolute atomic E-state index is 0.0595. The van der Waals surface area contributed by atoms with Crippen LogP contribution in [0.1, 0.15) is 0 Å². The predicted molar refractivity (Wildman–Crippen MR) is 52.6 cm³/mol. The van der Waals surface area contributed by atoms with Crippen LogP contribution in [-0.2, 0) is 14.6 Å². The fraction of sp³-hybridized carbons (Fsp3) is 0.833. The molecule has 0 rings (SSSR count). The number of hydrogen-bond acceptors (Lipinski definition) is 5. The molecule has 0 radical (unpaired) electrons. The van der Waals surface area contributed by atoms with Crippen molar-refractivity contribution in [3.63, 3.8) is 0 Å². The van der Waals surface area contributed by atoms with E-state index in [1.54, 1.807) is 0 Å². The second kappa shape index (κ2) is 5.46. The fourth-order valence-corrected chi connectivity index (χ4v) is 2.74. The van der Waals surface area contributed by atoms with Crippen LogP contribution in [0.15, 0.2) is 0 Å². The summed E-state index contributed by atoms with van der Waals surface area (Å²) in [4.78, 5) is 10.2. The van der Waals surface area contributed by atoms with Gasteiger partial charge in [-0.05, 0) is 0 Å². The molecular formula is C6H13NO4S2. The van der Waals surface area contributed by atoms with Gasteiger partial charge < -0.3 is 10.8 Å². The maximum Gasteiger partial charge on any atom is 0.321 e. The highest BCUT2D eigenvalue weighted by atomic mass is 32.2. The Labute approximate surface area is 81.6 Å². The highest BCUT2D eigenvalue weighted by Gasteiger charge is 2.11. The molecule has 0 aromatic carbocycles. The van der Waals surface area contributed by atoms with Crippen LogP contribution in [0.2, 0.25) is 0 Å². The van der Waals surface area contributed by atoms with Crippen LogP contribution in [0, 0.1) is 0 Å². The van der Waals surface area contributed by atoms with Crippen LogP contribution in [-0.4, -0.2) is 49.0 Å². The smallest absolute Gasteiger partial charge is 0.321 e. The van der Waals surface area contributed by atoms with E-state index >= 15 is 0 Å². The molecule has 0 aromatic rings. The topological polar surface area (TPSA) is 97.5 Å². The van der Waals surface area contributed by atoms with Crippen molar-refractivity contribution in [2.45, 2.75) is 6.04 Å². The van der Waals surface area contributed by atoms with Gasteiger partial charge in [-0.1, -0.05) is 0 Å². The molecule has 0 spiro atoms. The van der Waals surface area contributed by atoms with Crippen molar-refractivity contribution in [1.29, 1.82) is 0 Å². The van der Waals surface area contributed by atoms with Crippen molar-refractivity contribution in [2.24, 2.45) is 5.73 Å². The van der Waals surface area contributed by atoms with E-state index in [4.69, 9.17) is 10.8 Å². The molecule has 0 heterocycles. The van der Waals surface area contributed by atoms with E-state index in [0.29, 0.717) is 5.75 Å². The summed E-state index contributed by atoms with van der Waals surface area (Å²) in [7, 11) is -2.95. The third kappa shape index (κ3) is 8.07. The minimum Gasteiger partial charge on any atom is -0.480 e. The summed E-state index contributed by atoms with van der Waals surface area (Å²) in [6.45, 7) is 0. The molecule has 7 heteroatoms. The highest BCUT2D eigenvalue weighted by molar-refractivity contribution is 8.00. The van der Waals surface area contributed by atoms with Crippen LogP contribution in [0.3, 0.4) is 0 Å². The summed E-state index contributed by atoms with van der Waals surface area (Å²) in [6, 6.07) is -0.912. The van der Waals surface area contributed by atoms with E-state index < -0.39 is 21.8 Å². The maximum atomic E-state index is 10.6. The summed E-state index contributed by atoms with van der Waals surface area (Å²) in [5.74, 6) is -0.374. The minimum atomic E-state index is -2.95. The summed E-state index contributed by atoms with van der Waals surface area (Å²) >= 11 is 1.23. The number of carboxylic acids is 1. The fourth-order valence-electron chi connectivity index (χ4n) is 0.492. The van der Waals surface area contributed by atoms with Gasteiger partial charge in [-0.3, -0.25) is 4.79 Å². The average Bonchev–Trinajstić information content (AvgIpc) is 1.95. The van der Waals surface area contributed by atoms with Crippen LogP contribution in [0.25, 0.3) is 0 Å². The lowest BCUT2D eigenvalue weighted by atomic mass is 10.4. The lowest BCUT2D eigenvalue weighted by Crippen LogP contribution is -2.32. The molecule has 0 bridgehead atoms. The van der Waals surface area contributed by atoms with Gasteiger partial charge in [0.05, 0.1) is 5.75 Å². The zero-order valence-electron chi connectivity index (χ0n) is 7.26. The zero-order valence-corrected chi connectivity index (χ0v) is 8.90. The number of nitrogens with two attached hydrogens (primary N) is 1. The van der Waals surface area contributed by atoms with E-state index in [2.05, 4.69) is 0 Å². The number of thioether (sulfide) groups is 1. The van der Waals surface area contributed by atoms with Crippen molar-refractivity contribution in [3.05, 3.63) is 0 Å². The molecule has 3 N–H and O–H groups in total. The van der Waals surface area contributed by atoms with Gasteiger partial charge in [0.25, 0.3) is 0 Å². The quantitative estimate of drug-likeness (QED) is 0.575. The third-order valence-electron chi connectivity index (χ3n) is 1.21. The molecule has 78 valence electrons. The van der Waals surface area contributed by atoms with Gasteiger partial charge in [0.2, 0.25) is 0 Å². The molecule has 0 unspecified atom stereocenters. The molecule has 0 aliphatic carbocycles. The number of rotatable bonds is 6. The Balaban J connectivity index is 3.53. The van der Waals surface area contributed by atoms with Crippen molar-refractivity contribution in [1.82, 2.24) is 0 Å². The summed E-state index contributed by atoms with van der Waals surface area (Å²) < 4.78 is 21.3. The van der Waals surface area contributed by atoms with Gasteiger partial charge in [0.15, 0.2) is 0 Å². The van der Waals surface area contributed by atoms with Crippen molar-refractivity contribution < 1.29 is 18.3 Å². The van der Waals surface area contributed by atoms with E-state index in [1.807, 2.05) is 0 Å². The molecule has 0 amide bonds. The Morgan fingerprint density at radius 1 is 1.62 bits per heavy atom. The molecule has 0 fully saturated rings. The molecule has 0 saturated heterocycles. The Bertz CT molecular complexity index is 262. The number of sulfone groups is 1. The van der Waals surface area contributed by atoms with Gasteiger partial charge >= 0.3 is 5.97 Å². The molecule has 0 aromatic heterocycles. The number of carboxylic acid groups (broad SMARTS) is 1. The van der Waals surface area contributed by atoms with Crippen molar-refractivity contribution in [3.8, 4) is 0 Å². The van der Waals surface area contributed by atoms with E-state index in [0.717, 1.165) is 6.26 Å². The monoisotopic (exact) mass is 227 g/mol. The number of aliphatic carboxylic acids is 1. The summed E-state index contributed by atoms with van der Waals surface area (Å²) in [5.41, 5.74) is 5.20. The van der Waals surface area contributed by atoms with Crippen LogP contribution in [0.5, 0.6) is 0 Å². The van der Waals surface area contributed by atoms with Gasteiger partial charge in [0.1, 0.15) is 15.9 Å². The van der Waals surface area contributed by atoms with Crippen molar-refractivity contribution in [2.75, 3.05) is 23.5 Å². The van der Waals surface area contributed by atoms with Gasteiger partial charge in [0, 0.05) is 17.8 Å². The average molecular weight is 227 g/mol. The second-order valence-electron chi connectivity index (χ2n) is 2.65. The standard InChI is InChI=1S/C6H13NO4S2/c1-13(10,11)3-2-12-4-5(7)6(8)9/h5H,2-4,7H2,1H3,(H,8,9)/t5-/m1/s1. The number of carbonyl (C=O) groups is 1. The van der Waals surface area contributed by atoms with E-state index in [-0.39, 0.29) is 11.5 Å². The zero-order chi connectivity index (χ0) is 10.5. The summed E-state index contributed by atoms with van der Waals surface area (Å²) in [6.07, 6.45) is 1.14. The molecule has 5 nitrogen and oxygen atoms in total. The molecule has 1 atom stereocenters. The van der Waals surface area contributed by atoms with Gasteiger partial charge in [-0.15, -0.1) is 0 Å². The Kier molecular flexibility index (Phi) is 5.34. The van der Waals surface area contributed by atoms with E-state index in [9.17, 15) is 13.2 Å². The third-order valence-corrected chi connectivity index (χ3v) is 3.50. The predicted octanol–water partition coefficient (Wildman–Crippen LogP) is -0.824. The first-order valence-corrected chi connectivity index (χ1v) is 6.78. The Hall–Kier alpha value is -0.270. The van der Waals surface area contributed by atoms with Crippen LogP contribution in [0.4, 0.5) is 0 Å². The molecule has 0 aliphatic heterocycles. The summed E-state index contributed by atoms with van der Waals surface area (Å²) in [5, 5.41) is 8.38. The molecule has 0 saturated carbocycles. The molecular weight excluding hydrogens is 214 g/mol.